The summed E-state index contributed by atoms with van der Waals surface area (Å²) in [6.45, 7) is 4.17. The number of hydrogen-bond donors (Lipinski definition) is 0. The summed E-state index contributed by atoms with van der Waals surface area (Å²) in [5, 5.41) is 0. The number of amides is 2. The highest BCUT2D eigenvalue weighted by molar-refractivity contribution is 5.91. The Kier molecular flexibility index (Phi) is 4.81. The third kappa shape index (κ3) is 3.63. The van der Waals surface area contributed by atoms with E-state index in [4.69, 9.17) is 9.15 Å². The van der Waals surface area contributed by atoms with Crippen LogP contribution in [0.3, 0.4) is 0 Å². The van der Waals surface area contributed by atoms with Crippen LogP contribution in [-0.4, -0.2) is 54.6 Å². The van der Waals surface area contributed by atoms with Crippen LogP contribution in [0.1, 0.15) is 12.7 Å². The molecule has 6 heteroatoms. The maximum Gasteiger partial charge on any atom is 0.409 e. The van der Waals surface area contributed by atoms with Crippen molar-refractivity contribution in [2.75, 3.05) is 32.8 Å². The van der Waals surface area contributed by atoms with Crippen molar-refractivity contribution in [1.29, 1.82) is 0 Å². The molecule has 0 bridgehead atoms. The van der Waals surface area contributed by atoms with Crippen molar-refractivity contribution in [3.8, 4) is 0 Å². The third-order valence-corrected chi connectivity index (χ3v) is 3.05. The molecule has 1 aromatic rings. The van der Waals surface area contributed by atoms with E-state index < -0.39 is 0 Å². The second kappa shape index (κ2) is 6.79. The van der Waals surface area contributed by atoms with Gasteiger partial charge in [0.1, 0.15) is 5.76 Å². The lowest BCUT2D eigenvalue weighted by molar-refractivity contribution is -0.127. The predicted molar refractivity (Wildman–Crippen MR) is 72.9 cm³/mol. The fourth-order valence-electron chi connectivity index (χ4n) is 1.97. The van der Waals surface area contributed by atoms with E-state index in [0.717, 1.165) is 0 Å². The summed E-state index contributed by atoms with van der Waals surface area (Å²) >= 11 is 0. The normalized spacial score (nSPS) is 15.7. The van der Waals surface area contributed by atoms with E-state index in [0.29, 0.717) is 38.5 Å². The minimum Gasteiger partial charge on any atom is -0.465 e. The van der Waals surface area contributed by atoms with Crippen LogP contribution in [0.4, 0.5) is 4.79 Å². The Labute approximate surface area is 117 Å². The van der Waals surface area contributed by atoms with Crippen LogP contribution in [0.2, 0.25) is 0 Å². The predicted octanol–water partition coefficient (Wildman–Crippen LogP) is 1.59. The topological polar surface area (TPSA) is 63.0 Å². The number of nitrogens with zero attached hydrogens (tertiary/aromatic N) is 2. The van der Waals surface area contributed by atoms with Gasteiger partial charge in [0.15, 0.2) is 0 Å². The zero-order chi connectivity index (χ0) is 14.4. The minimum atomic E-state index is -0.314. The number of rotatable bonds is 3. The number of ether oxygens (including phenoxy) is 1. The second-order valence-electron chi connectivity index (χ2n) is 4.36. The van der Waals surface area contributed by atoms with Crippen molar-refractivity contribution < 1.29 is 18.7 Å². The lowest BCUT2D eigenvalue weighted by Crippen LogP contribution is -2.50. The van der Waals surface area contributed by atoms with Crippen molar-refractivity contribution in [3.63, 3.8) is 0 Å². The minimum absolute atomic E-state index is 0.0788. The Morgan fingerprint density at radius 2 is 2.00 bits per heavy atom. The molecule has 20 heavy (non-hydrogen) atoms. The van der Waals surface area contributed by atoms with E-state index in [2.05, 4.69) is 0 Å². The molecule has 0 atom stereocenters. The van der Waals surface area contributed by atoms with Crippen LogP contribution >= 0.6 is 0 Å². The van der Waals surface area contributed by atoms with Gasteiger partial charge < -0.3 is 19.0 Å². The zero-order valence-corrected chi connectivity index (χ0v) is 11.4. The standard InChI is InChI=1S/C14H18N2O4/c1-2-19-14(18)16-9-7-15(8-10-16)13(17)6-5-12-4-3-11-20-12/h3-6,11H,2,7-10H2,1H3/b6-5+. The quantitative estimate of drug-likeness (QED) is 0.788. The van der Waals surface area contributed by atoms with E-state index in [9.17, 15) is 9.59 Å². The van der Waals surface area contributed by atoms with E-state index in [1.165, 1.54) is 6.08 Å². The summed E-state index contributed by atoms with van der Waals surface area (Å²) in [4.78, 5) is 26.8. The van der Waals surface area contributed by atoms with Crippen molar-refractivity contribution in [3.05, 3.63) is 30.2 Å². The number of hydrogen-bond acceptors (Lipinski definition) is 4. The van der Waals surface area contributed by atoms with Gasteiger partial charge in [-0.1, -0.05) is 0 Å². The molecule has 6 nitrogen and oxygen atoms in total. The van der Waals surface area contributed by atoms with Gasteiger partial charge in [-0.2, -0.15) is 0 Å². The monoisotopic (exact) mass is 278 g/mol. The Bertz CT molecular complexity index is 473. The van der Waals surface area contributed by atoms with E-state index in [-0.39, 0.29) is 12.0 Å². The summed E-state index contributed by atoms with van der Waals surface area (Å²) < 4.78 is 10.1. The summed E-state index contributed by atoms with van der Waals surface area (Å²) in [5.74, 6) is 0.563. The van der Waals surface area contributed by atoms with Crippen molar-refractivity contribution in [2.24, 2.45) is 0 Å². The van der Waals surface area contributed by atoms with Gasteiger partial charge in [-0.25, -0.2) is 4.79 Å². The Balaban J connectivity index is 1.81. The number of piperazine rings is 1. The molecule has 108 valence electrons. The summed E-state index contributed by atoms with van der Waals surface area (Å²) in [7, 11) is 0. The molecular formula is C14H18N2O4. The van der Waals surface area contributed by atoms with Crippen LogP contribution < -0.4 is 0 Å². The van der Waals surface area contributed by atoms with E-state index in [1.54, 1.807) is 41.2 Å². The first-order valence-electron chi connectivity index (χ1n) is 6.63. The molecule has 0 N–H and O–H groups in total. The first kappa shape index (κ1) is 14.2. The molecular weight excluding hydrogens is 260 g/mol. The van der Waals surface area contributed by atoms with Gasteiger partial charge in [0.2, 0.25) is 5.91 Å². The molecule has 1 fully saturated rings. The SMILES string of the molecule is CCOC(=O)N1CCN(C(=O)/C=C/c2ccco2)CC1. The van der Waals surface area contributed by atoms with Gasteiger partial charge >= 0.3 is 6.09 Å². The Morgan fingerprint density at radius 1 is 1.30 bits per heavy atom. The van der Waals surface area contributed by atoms with Crippen LogP contribution in [-0.2, 0) is 9.53 Å². The highest BCUT2D eigenvalue weighted by atomic mass is 16.6. The third-order valence-electron chi connectivity index (χ3n) is 3.05. The van der Waals surface area contributed by atoms with Gasteiger partial charge in [-0.05, 0) is 25.1 Å². The fourth-order valence-corrected chi connectivity index (χ4v) is 1.97. The maximum absolute atomic E-state index is 12.0. The largest absolute Gasteiger partial charge is 0.465 e. The highest BCUT2D eigenvalue weighted by Gasteiger charge is 2.23. The number of carbonyl (C=O) groups is 2. The van der Waals surface area contributed by atoms with Crippen molar-refractivity contribution in [2.45, 2.75) is 6.92 Å². The van der Waals surface area contributed by atoms with Gasteiger partial charge in [-0.15, -0.1) is 0 Å². The fraction of sp³-hybridized carbons (Fsp3) is 0.429. The molecule has 0 radical (unpaired) electrons. The summed E-state index contributed by atoms with van der Waals surface area (Å²) in [6, 6.07) is 3.55. The molecule has 0 aromatic carbocycles. The summed E-state index contributed by atoms with van der Waals surface area (Å²) in [5.41, 5.74) is 0. The average molecular weight is 278 g/mol. The smallest absolute Gasteiger partial charge is 0.409 e. The molecule has 2 rings (SSSR count). The molecule has 1 aliphatic heterocycles. The second-order valence-corrected chi connectivity index (χ2v) is 4.36. The first-order valence-corrected chi connectivity index (χ1v) is 6.63. The first-order chi connectivity index (χ1) is 9.70. The lowest BCUT2D eigenvalue weighted by Gasteiger charge is -2.33. The van der Waals surface area contributed by atoms with E-state index >= 15 is 0 Å². The van der Waals surface area contributed by atoms with Crippen molar-refractivity contribution >= 4 is 18.1 Å². The Morgan fingerprint density at radius 3 is 2.60 bits per heavy atom. The van der Waals surface area contributed by atoms with Crippen LogP contribution in [0.25, 0.3) is 6.08 Å². The summed E-state index contributed by atoms with van der Waals surface area (Å²) in [6.07, 6.45) is 4.37. The Hall–Kier alpha value is -2.24. The maximum atomic E-state index is 12.0. The molecule has 2 amide bonds. The van der Waals surface area contributed by atoms with Gasteiger partial charge in [-0.3, -0.25) is 4.79 Å². The number of furan rings is 1. The highest BCUT2D eigenvalue weighted by Crippen LogP contribution is 2.07. The molecule has 0 aliphatic carbocycles. The van der Waals surface area contributed by atoms with E-state index in [1.807, 2.05) is 0 Å². The molecule has 0 saturated carbocycles. The van der Waals surface area contributed by atoms with Gasteiger partial charge in [0.25, 0.3) is 0 Å². The zero-order valence-electron chi connectivity index (χ0n) is 11.4. The van der Waals surface area contributed by atoms with Gasteiger partial charge in [0, 0.05) is 32.3 Å². The molecule has 2 heterocycles. The van der Waals surface area contributed by atoms with Crippen molar-refractivity contribution in [1.82, 2.24) is 9.80 Å². The molecule has 0 spiro atoms. The molecule has 1 aromatic heterocycles. The van der Waals surface area contributed by atoms with Crippen LogP contribution in [0.15, 0.2) is 28.9 Å². The van der Waals surface area contributed by atoms with Gasteiger partial charge in [0.05, 0.1) is 12.9 Å². The number of carbonyl (C=O) groups excluding carboxylic acids is 2. The molecule has 1 saturated heterocycles. The molecule has 1 aliphatic rings. The van der Waals surface area contributed by atoms with Crippen LogP contribution in [0, 0.1) is 0 Å². The average Bonchev–Trinajstić information content (AvgIpc) is 2.98. The lowest BCUT2D eigenvalue weighted by atomic mass is 10.3. The molecule has 0 unspecified atom stereocenters. The van der Waals surface area contributed by atoms with Crippen LogP contribution in [0.5, 0.6) is 0 Å².